The van der Waals surface area contributed by atoms with E-state index in [1.807, 2.05) is 0 Å². The second-order valence-corrected chi connectivity index (χ2v) is 7.48. The predicted molar refractivity (Wildman–Crippen MR) is 91.8 cm³/mol. The van der Waals surface area contributed by atoms with Crippen molar-refractivity contribution in [3.05, 3.63) is 50.6 Å². The number of amides is 1. The van der Waals surface area contributed by atoms with Crippen molar-refractivity contribution >= 4 is 39.8 Å². The van der Waals surface area contributed by atoms with Crippen molar-refractivity contribution in [3.63, 3.8) is 0 Å². The normalized spacial score (nSPS) is 16.5. The van der Waals surface area contributed by atoms with Crippen LogP contribution in [0.15, 0.2) is 18.2 Å². The monoisotopic (exact) mass is 367 g/mol. The van der Waals surface area contributed by atoms with Gasteiger partial charge in [-0.25, -0.2) is 9.18 Å². The lowest BCUT2D eigenvalue weighted by molar-refractivity contribution is 0.0697. The molecule has 0 radical (unpaired) electrons. The largest absolute Gasteiger partial charge is 0.478 e. The third-order valence-electron chi connectivity index (χ3n) is 4.13. The maximum atomic E-state index is 13.8. The predicted octanol–water partition coefficient (Wildman–Crippen LogP) is 4.62. The molecule has 0 fully saturated rings. The summed E-state index contributed by atoms with van der Waals surface area (Å²) in [7, 11) is 0. The average Bonchev–Trinajstić information content (AvgIpc) is 2.86. The molecule has 1 aromatic carbocycles. The van der Waals surface area contributed by atoms with Gasteiger partial charge < -0.3 is 10.4 Å². The van der Waals surface area contributed by atoms with Gasteiger partial charge in [-0.3, -0.25) is 4.79 Å². The van der Waals surface area contributed by atoms with Gasteiger partial charge in [0, 0.05) is 9.90 Å². The lowest BCUT2D eigenvalue weighted by Crippen LogP contribution is -2.16. The van der Waals surface area contributed by atoms with Gasteiger partial charge in [0.15, 0.2) is 0 Å². The van der Waals surface area contributed by atoms with Gasteiger partial charge in [0.2, 0.25) is 0 Å². The average molecular weight is 368 g/mol. The molecule has 126 valence electrons. The summed E-state index contributed by atoms with van der Waals surface area (Å²) in [5.41, 5.74) is 0.698. The Labute approximate surface area is 147 Å². The smallest absolute Gasteiger partial charge is 0.339 e. The minimum atomic E-state index is -1.08. The van der Waals surface area contributed by atoms with E-state index in [2.05, 4.69) is 12.2 Å². The number of hydrogen-bond donors (Lipinski definition) is 2. The van der Waals surface area contributed by atoms with Crippen LogP contribution in [0.4, 0.5) is 9.39 Å². The molecule has 1 unspecified atom stereocenters. The van der Waals surface area contributed by atoms with Gasteiger partial charge in [-0.1, -0.05) is 18.5 Å². The maximum absolute atomic E-state index is 13.8. The van der Waals surface area contributed by atoms with Crippen molar-refractivity contribution in [2.75, 3.05) is 5.32 Å². The molecule has 2 aromatic rings. The van der Waals surface area contributed by atoms with Crippen LogP contribution >= 0.6 is 22.9 Å². The Morgan fingerprint density at radius 1 is 1.42 bits per heavy atom. The molecule has 1 aliphatic carbocycles. The van der Waals surface area contributed by atoms with Crippen molar-refractivity contribution in [1.29, 1.82) is 0 Å². The molecule has 0 aliphatic heterocycles. The highest BCUT2D eigenvalue weighted by Gasteiger charge is 2.28. The highest BCUT2D eigenvalue weighted by molar-refractivity contribution is 7.17. The Kier molecular flexibility index (Phi) is 4.60. The lowest BCUT2D eigenvalue weighted by atomic mass is 9.88. The first-order chi connectivity index (χ1) is 11.4. The number of fused-ring (bicyclic) bond motifs is 1. The molecule has 1 aromatic heterocycles. The Hall–Kier alpha value is -1.92. The zero-order chi connectivity index (χ0) is 17.4. The number of hydrogen-bond acceptors (Lipinski definition) is 3. The number of carboxylic acids is 1. The summed E-state index contributed by atoms with van der Waals surface area (Å²) >= 11 is 7.06. The van der Waals surface area contributed by atoms with Crippen molar-refractivity contribution in [2.45, 2.75) is 26.2 Å². The molecule has 1 amide bonds. The second-order valence-electron chi connectivity index (χ2n) is 5.94. The van der Waals surface area contributed by atoms with E-state index in [-0.39, 0.29) is 21.2 Å². The van der Waals surface area contributed by atoms with Gasteiger partial charge in [-0.05, 0) is 48.9 Å². The van der Waals surface area contributed by atoms with E-state index in [1.165, 1.54) is 23.5 Å². The fraction of sp³-hybridized carbons (Fsp3) is 0.294. The highest BCUT2D eigenvalue weighted by Crippen LogP contribution is 2.39. The van der Waals surface area contributed by atoms with E-state index in [4.69, 9.17) is 11.6 Å². The van der Waals surface area contributed by atoms with E-state index in [0.717, 1.165) is 29.3 Å². The van der Waals surface area contributed by atoms with E-state index >= 15 is 0 Å². The Bertz CT molecular complexity index is 833. The molecule has 0 saturated carbocycles. The number of rotatable bonds is 3. The number of anilines is 1. The van der Waals surface area contributed by atoms with Gasteiger partial charge in [-0.15, -0.1) is 11.3 Å². The Morgan fingerprint density at radius 2 is 2.17 bits per heavy atom. The zero-order valence-electron chi connectivity index (χ0n) is 12.9. The summed E-state index contributed by atoms with van der Waals surface area (Å²) in [5.74, 6) is -2.01. The Balaban J connectivity index is 1.96. The third kappa shape index (κ3) is 3.16. The van der Waals surface area contributed by atoms with E-state index < -0.39 is 17.7 Å². The number of aromatic carboxylic acids is 1. The van der Waals surface area contributed by atoms with Crippen LogP contribution < -0.4 is 5.32 Å². The van der Waals surface area contributed by atoms with Gasteiger partial charge >= 0.3 is 5.97 Å². The summed E-state index contributed by atoms with van der Waals surface area (Å²) in [6, 6.07) is 3.68. The van der Waals surface area contributed by atoms with Crippen molar-refractivity contribution in [3.8, 4) is 0 Å². The second kappa shape index (κ2) is 6.53. The molecule has 7 heteroatoms. The van der Waals surface area contributed by atoms with Gasteiger partial charge in [0.1, 0.15) is 10.8 Å². The van der Waals surface area contributed by atoms with Gasteiger partial charge in [0.25, 0.3) is 5.91 Å². The molecule has 0 spiro atoms. The molecule has 0 bridgehead atoms. The van der Waals surface area contributed by atoms with Crippen LogP contribution in [0.5, 0.6) is 0 Å². The number of nitrogens with one attached hydrogen (secondary N) is 1. The molecule has 0 saturated heterocycles. The molecule has 1 atom stereocenters. The summed E-state index contributed by atoms with van der Waals surface area (Å²) in [6.07, 6.45) is 2.39. The molecular formula is C17H15ClFNO3S. The number of halogens is 2. The first-order valence-electron chi connectivity index (χ1n) is 7.51. The van der Waals surface area contributed by atoms with Crippen molar-refractivity contribution in [1.82, 2.24) is 0 Å². The van der Waals surface area contributed by atoms with Gasteiger partial charge in [0.05, 0.1) is 11.1 Å². The van der Waals surface area contributed by atoms with Crippen LogP contribution in [0.25, 0.3) is 0 Å². The van der Waals surface area contributed by atoms with E-state index in [9.17, 15) is 19.1 Å². The van der Waals surface area contributed by atoms with Crippen molar-refractivity contribution < 1.29 is 19.1 Å². The van der Waals surface area contributed by atoms with E-state index in [1.54, 1.807) is 0 Å². The summed E-state index contributed by atoms with van der Waals surface area (Å²) in [6.45, 7) is 2.11. The zero-order valence-corrected chi connectivity index (χ0v) is 14.4. The summed E-state index contributed by atoms with van der Waals surface area (Å²) in [4.78, 5) is 25.0. The number of thiophene rings is 1. The molecule has 24 heavy (non-hydrogen) atoms. The third-order valence-corrected chi connectivity index (χ3v) is 5.53. The molecule has 1 heterocycles. The minimum Gasteiger partial charge on any atom is -0.478 e. The van der Waals surface area contributed by atoms with Crippen molar-refractivity contribution in [2.24, 2.45) is 5.92 Å². The summed E-state index contributed by atoms with van der Waals surface area (Å²) < 4.78 is 13.8. The number of carboxylic acid groups (broad SMARTS) is 1. The standard InChI is InChI=1S/C17H15ClFNO3S/c1-8-2-4-10-13(6-8)24-16(14(10)17(22)23)20-15(21)11-7-9(18)3-5-12(11)19/h3,5,7-8H,2,4,6H2,1H3,(H,20,21)(H,22,23). The van der Waals surface area contributed by atoms with Crippen LogP contribution in [0, 0.1) is 11.7 Å². The topological polar surface area (TPSA) is 66.4 Å². The fourth-order valence-electron chi connectivity index (χ4n) is 2.91. The minimum absolute atomic E-state index is 0.123. The first-order valence-corrected chi connectivity index (χ1v) is 8.70. The van der Waals surface area contributed by atoms with E-state index in [0.29, 0.717) is 12.3 Å². The van der Waals surface area contributed by atoms with Crippen LogP contribution in [0.1, 0.15) is 44.5 Å². The molecule has 1 aliphatic rings. The van der Waals surface area contributed by atoms with Gasteiger partial charge in [-0.2, -0.15) is 0 Å². The quantitative estimate of drug-likeness (QED) is 0.832. The number of benzene rings is 1. The maximum Gasteiger partial charge on any atom is 0.339 e. The molecular weight excluding hydrogens is 353 g/mol. The van der Waals surface area contributed by atoms with Crippen LogP contribution in [0.2, 0.25) is 5.02 Å². The molecule has 2 N–H and O–H groups in total. The Morgan fingerprint density at radius 3 is 2.88 bits per heavy atom. The SMILES string of the molecule is CC1CCc2c(sc(NC(=O)c3cc(Cl)ccc3F)c2C(=O)O)C1. The highest BCUT2D eigenvalue weighted by atomic mass is 35.5. The summed E-state index contributed by atoms with van der Waals surface area (Å²) in [5, 5.41) is 12.6. The number of carbonyl (C=O) groups excluding carboxylic acids is 1. The van der Waals surface area contributed by atoms with Crippen LogP contribution in [0.3, 0.4) is 0 Å². The lowest BCUT2D eigenvalue weighted by Gasteiger charge is -2.17. The van der Waals surface area contributed by atoms with Crippen LogP contribution in [-0.2, 0) is 12.8 Å². The fourth-order valence-corrected chi connectivity index (χ4v) is 4.48. The first kappa shape index (κ1) is 16.9. The molecule has 3 rings (SSSR count). The number of carbonyl (C=O) groups is 2. The van der Waals surface area contributed by atoms with Crippen LogP contribution in [-0.4, -0.2) is 17.0 Å². The molecule has 4 nitrogen and oxygen atoms in total.